The maximum absolute atomic E-state index is 5.17. The van der Waals surface area contributed by atoms with E-state index < -0.39 is 0 Å². The van der Waals surface area contributed by atoms with Gasteiger partial charge in [0.1, 0.15) is 0 Å². The summed E-state index contributed by atoms with van der Waals surface area (Å²) >= 11 is 0. The molecule has 5 heteroatoms. The van der Waals surface area contributed by atoms with Crippen LogP contribution >= 0.6 is 0 Å². The molecule has 13 rings (SSSR count). The Kier molecular flexibility index (Phi) is 7.58. The Balaban J connectivity index is 1.10. The zero-order valence-electron chi connectivity index (χ0n) is 34.8. The fourth-order valence-electron chi connectivity index (χ4n) is 10.4. The number of aromatic nitrogens is 5. The normalized spacial score (nSPS) is 13.0. The molecule has 0 radical (unpaired) electrons. The summed E-state index contributed by atoms with van der Waals surface area (Å²) in [7, 11) is 0. The zero-order valence-corrected chi connectivity index (χ0v) is 34.8. The maximum Gasteiger partial charge on any atom is 0.164 e. The average molecular weight is 806 g/mol. The Labute approximate surface area is 364 Å². The molecule has 0 fully saturated rings. The van der Waals surface area contributed by atoms with E-state index >= 15 is 0 Å². The summed E-state index contributed by atoms with van der Waals surface area (Å²) in [6.07, 6.45) is 0. The molecule has 0 N–H and O–H groups in total. The Bertz CT molecular complexity index is 3710. The van der Waals surface area contributed by atoms with Crippen LogP contribution in [0.4, 0.5) is 0 Å². The molecule has 9 aromatic carbocycles. The third-order valence-electron chi connectivity index (χ3n) is 13.4. The summed E-state index contributed by atoms with van der Waals surface area (Å²) < 4.78 is 4.92. The molecule has 0 amide bonds. The number of hydrogen-bond acceptors (Lipinski definition) is 3. The van der Waals surface area contributed by atoms with Crippen LogP contribution in [-0.2, 0) is 5.41 Å². The standard InChI is InChI=1S/C58H39N5/c1-58(2)48-26-14-11-22-40(48)46-35-54-47(34-49(46)58)44-30-29-38(62-50-27-15-12-24-42(50)43-25-13-16-28-51(43)62)33-53(44)63(54)52-32-31-45(39-21-9-10-23-41(39)52)57-60-55(36-17-5-3-6-18-36)59-56(61-57)37-19-7-4-8-20-37/h3-35H,1-2H3. The first kappa shape index (κ1) is 35.6. The molecule has 0 aliphatic heterocycles. The SMILES string of the molecule is CC1(C)c2ccccc2-c2cc3c(cc21)c1ccc(-n2c4ccccc4c4ccccc42)cc1n3-c1ccc(-c2nc(-c3ccccc3)nc(-c3ccccc3)n2)c2ccccc12. The Morgan fingerprint density at radius 1 is 0.333 bits per heavy atom. The largest absolute Gasteiger partial charge is 0.309 e. The van der Waals surface area contributed by atoms with Crippen molar-refractivity contribution in [3.05, 3.63) is 211 Å². The van der Waals surface area contributed by atoms with Crippen LogP contribution in [0.3, 0.4) is 0 Å². The molecule has 5 nitrogen and oxygen atoms in total. The van der Waals surface area contributed by atoms with Gasteiger partial charge in [0, 0.05) is 54.7 Å². The van der Waals surface area contributed by atoms with Gasteiger partial charge in [-0.3, -0.25) is 0 Å². The lowest BCUT2D eigenvalue weighted by Gasteiger charge is -2.21. The number of rotatable bonds is 5. The van der Waals surface area contributed by atoms with Crippen molar-refractivity contribution in [1.82, 2.24) is 24.1 Å². The van der Waals surface area contributed by atoms with Gasteiger partial charge in [-0.15, -0.1) is 0 Å². The van der Waals surface area contributed by atoms with Crippen molar-refractivity contribution in [1.29, 1.82) is 0 Å². The van der Waals surface area contributed by atoms with Gasteiger partial charge in [0.15, 0.2) is 17.5 Å². The number of hydrogen-bond donors (Lipinski definition) is 0. The van der Waals surface area contributed by atoms with Gasteiger partial charge in [0.25, 0.3) is 0 Å². The van der Waals surface area contributed by atoms with E-state index in [9.17, 15) is 0 Å². The van der Waals surface area contributed by atoms with Gasteiger partial charge in [-0.1, -0.05) is 166 Å². The summed E-state index contributed by atoms with van der Waals surface area (Å²) in [4.78, 5) is 15.3. The van der Waals surface area contributed by atoms with E-state index in [1.807, 2.05) is 36.4 Å². The number of benzene rings is 9. The average Bonchev–Trinajstić information content (AvgIpc) is 3.93. The topological polar surface area (TPSA) is 48.5 Å². The summed E-state index contributed by atoms with van der Waals surface area (Å²) in [6.45, 7) is 4.73. The lowest BCUT2D eigenvalue weighted by atomic mass is 9.82. The second-order valence-electron chi connectivity index (χ2n) is 17.2. The molecule has 1 aliphatic rings. The highest BCUT2D eigenvalue weighted by Gasteiger charge is 2.36. The van der Waals surface area contributed by atoms with E-state index in [-0.39, 0.29) is 5.41 Å². The van der Waals surface area contributed by atoms with Crippen LogP contribution in [0, 0.1) is 0 Å². The zero-order chi connectivity index (χ0) is 41.8. The molecule has 296 valence electrons. The molecule has 0 bridgehead atoms. The van der Waals surface area contributed by atoms with E-state index in [0.717, 1.165) is 44.4 Å². The molecular formula is C58H39N5. The van der Waals surface area contributed by atoms with E-state index in [0.29, 0.717) is 17.5 Å². The quantitative estimate of drug-likeness (QED) is 0.174. The monoisotopic (exact) mass is 805 g/mol. The fourth-order valence-corrected chi connectivity index (χ4v) is 10.4. The van der Waals surface area contributed by atoms with Crippen LogP contribution in [0.2, 0.25) is 0 Å². The van der Waals surface area contributed by atoms with Crippen molar-refractivity contribution < 1.29 is 0 Å². The van der Waals surface area contributed by atoms with Gasteiger partial charge in [0.2, 0.25) is 0 Å². The minimum Gasteiger partial charge on any atom is -0.309 e. The first-order valence-electron chi connectivity index (χ1n) is 21.6. The molecule has 3 heterocycles. The van der Waals surface area contributed by atoms with Crippen LogP contribution in [0.15, 0.2) is 200 Å². The van der Waals surface area contributed by atoms with Crippen molar-refractivity contribution in [3.63, 3.8) is 0 Å². The Hall–Kier alpha value is -8.15. The minimum atomic E-state index is -0.131. The van der Waals surface area contributed by atoms with Crippen LogP contribution in [0.1, 0.15) is 25.0 Å². The van der Waals surface area contributed by atoms with Gasteiger partial charge < -0.3 is 9.13 Å². The predicted molar refractivity (Wildman–Crippen MR) is 260 cm³/mol. The van der Waals surface area contributed by atoms with Gasteiger partial charge in [-0.2, -0.15) is 0 Å². The molecular weight excluding hydrogens is 767 g/mol. The molecule has 0 spiro atoms. The molecule has 63 heavy (non-hydrogen) atoms. The molecule has 0 saturated carbocycles. The van der Waals surface area contributed by atoms with E-state index in [4.69, 9.17) is 15.0 Å². The smallest absolute Gasteiger partial charge is 0.164 e. The number of fused-ring (bicyclic) bond motifs is 10. The fraction of sp³-hybridized carbons (Fsp3) is 0.0517. The highest BCUT2D eigenvalue weighted by atomic mass is 15.0. The van der Waals surface area contributed by atoms with Crippen molar-refractivity contribution in [2.75, 3.05) is 0 Å². The van der Waals surface area contributed by atoms with E-state index in [1.165, 1.54) is 60.3 Å². The summed E-state index contributed by atoms with van der Waals surface area (Å²) in [5.74, 6) is 1.92. The third kappa shape index (κ3) is 5.26. The van der Waals surface area contributed by atoms with E-state index in [1.54, 1.807) is 0 Å². The molecule has 12 aromatic rings. The Morgan fingerprint density at radius 3 is 1.56 bits per heavy atom. The van der Waals surface area contributed by atoms with Crippen molar-refractivity contribution in [2.45, 2.75) is 19.3 Å². The molecule has 0 unspecified atom stereocenters. The van der Waals surface area contributed by atoms with Crippen LogP contribution < -0.4 is 0 Å². The molecule has 0 atom stereocenters. The molecule has 3 aromatic heterocycles. The maximum atomic E-state index is 5.17. The third-order valence-corrected chi connectivity index (χ3v) is 13.4. The van der Waals surface area contributed by atoms with Crippen LogP contribution in [0.25, 0.3) is 111 Å². The summed E-state index contributed by atoms with van der Waals surface area (Å²) in [6, 6.07) is 71.9. The number of para-hydroxylation sites is 2. The Morgan fingerprint density at radius 2 is 0.873 bits per heavy atom. The predicted octanol–water partition coefficient (Wildman–Crippen LogP) is 14.5. The second-order valence-corrected chi connectivity index (χ2v) is 17.2. The summed E-state index contributed by atoms with van der Waals surface area (Å²) in [5, 5.41) is 7.13. The molecule has 0 saturated heterocycles. The lowest BCUT2D eigenvalue weighted by molar-refractivity contribution is 0.661. The first-order valence-corrected chi connectivity index (χ1v) is 21.6. The van der Waals surface area contributed by atoms with Crippen molar-refractivity contribution in [3.8, 4) is 56.7 Å². The first-order chi connectivity index (χ1) is 31.0. The second kappa shape index (κ2) is 13.4. The highest BCUT2D eigenvalue weighted by molar-refractivity contribution is 6.15. The van der Waals surface area contributed by atoms with Gasteiger partial charge in [0.05, 0.1) is 27.8 Å². The number of nitrogens with zero attached hydrogens (tertiary/aromatic N) is 5. The van der Waals surface area contributed by atoms with Crippen LogP contribution in [-0.4, -0.2) is 24.1 Å². The van der Waals surface area contributed by atoms with Crippen LogP contribution in [0.5, 0.6) is 0 Å². The lowest BCUT2D eigenvalue weighted by Crippen LogP contribution is -2.14. The summed E-state index contributed by atoms with van der Waals surface area (Å²) in [5.41, 5.74) is 15.0. The van der Waals surface area contributed by atoms with Gasteiger partial charge in [-0.05, 0) is 76.2 Å². The molecule has 1 aliphatic carbocycles. The minimum absolute atomic E-state index is 0.131. The van der Waals surface area contributed by atoms with Crippen molar-refractivity contribution >= 4 is 54.4 Å². The van der Waals surface area contributed by atoms with E-state index in [2.05, 4.69) is 187 Å². The van der Waals surface area contributed by atoms with Gasteiger partial charge in [-0.25, -0.2) is 15.0 Å². The highest BCUT2D eigenvalue weighted by Crippen LogP contribution is 2.51. The van der Waals surface area contributed by atoms with Gasteiger partial charge >= 0.3 is 0 Å². The van der Waals surface area contributed by atoms with Crippen molar-refractivity contribution in [2.24, 2.45) is 0 Å².